The predicted molar refractivity (Wildman–Crippen MR) is 89.0 cm³/mol. The Morgan fingerprint density at radius 2 is 2.09 bits per heavy atom. The summed E-state index contributed by atoms with van der Waals surface area (Å²) < 4.78 is 2.05. The molecule has 0 aliphatic rings. The van der Waals surface area contributed by atoms with Crippen LogP contribution in [0.15, 0.2) is 42.7 Å². The van der Waals surface area contributed by atoms with Crippen LogP contribution >= 0.6 is 0 Å². The van der Waals surface area contributed by atoms with Crippen LogP contribution in [0.2, 0.25) is 0 Å². The minimum Gasteiger partial charge on any atom is -0.342 e. The lowest BCUT2D eigenvalue weighted by atomic mass is 10.1. The molecule has 4 heteroatoms. The first-order chi connectivity index (χ1) is 10.7. The molecular weight excluding hydrogens is 272 g/mol. The number of hydrogen-bond acceptors (Lipinski definition) is 2. The number of aromatic amines is 1. The van der Waals surface area contributed by atoms with E-state index in [1.807, 2.05) is 28.8 Å². The van der Waals surface area contributed by atoms with Gasteiger partial charge in [0.1, 0.15) is 11.5 Å². The molecule has 4 nitrogen and oxygen atoms in total. The number of benzene rings is 1. The number of hydrogen-bond donors (Lipinski definition) is 1. The average molecular weight is 290 g/mol. The maximum absolute atomic E-state index is 4.70. The average Bonchev–Trinajstić information content (AvgIpc) is 3.11. The van der Waals surface area contributed by atoms with Gasteiger partial charge >= 0.3 is 0 Å². The number of H-pyrrole nitrogens is 1. The Hall–Kier alpha value is -2.62. The van der Waals surface area contributed by atoms with Gasteiger partial charge in [-0.3, -0.25) is 0 Å². The SMILES string of the molecule is CCCc1nc2c(C)cc(-c3cn4ccccc4n3)cc2[nH]1. The first-order valence-electron chi connectivity index (χ1n) is 7.68. The van der Waals surface area contributed by atoms with Crippen LogP contribution in [0.5, 0.6) is 0 Å². The summed E-state index contributed by atoms with van der Waals surface area (Å²) in [5.41, 5.74) is 6.42. The van der Waals surface area contributed by atoms with E-state index < -0.39 is 0 Å². The third kappa shape index (κ3) is 2.08. The maximum Gasteiger partial charge on any atom is 0.137 e. The predicted octanol–water partition coefficient (Wildman–Crippen LogP) is 4.14. The van der Waals surface area contributed by atoms with Gasteiger partial charge in [0.25, 0.3) is 0 Å². The molecule has 22 heavy (non-hydrogen) atoms. The second kappa shape index (κ2) is 4.98. The highest BCUT2D eigenvalue weighted by molar-refractivity contribution is 5.84. The van der Waals surface area contributed by atoms with Crippen LogP contribution in [0.1, 0.15) is 24.7 Å². The lowest BCUT2D eigenvalue weighted by molar-refractivity contribution is 0.861. The van der Waals surface area contributed by atoms with Crippen molar-refractivity contribution in [3.63, 3.8) is 0 Å². The van der Waals surface area contributed by atoms with Gasteiger partial charge in [-0.25, -0.2) is 9.97 Å². The monoisotopic (exact) mass is 290 g/mol. The van der Waals surface area contributed by atoms with E-state index in [0.717, 1.165) is 46.6 Å². The molecule has 4 aromatic rings. The lowest BCUT2D eigenvalue weighted by Crippen LogP contribution is -1.84. The minimum atomic E-state index is 0.964. The van der Waals surface area contributed by atoms with Crippen LogP contribution in [-0.4, -0.2) is 19.4 Å². The molecule has 4 rings (SSSR count). The Balaban J connectivity index is 1.87. The zero-order chi connectivity index (χ0) is 15.1. The van der Waals surface area contributed by atoms with Crippen LogP contribution in [0, 0.1) is 6.92 Å². The third-order valence-electron chi connectivity index (χ3n) is 3.97. The van der Waals surface area contributed by atoms with Gasteiger partial charge in [0.15, 0.2) is 0 Å². The van der Waals surface area contributed by atoms with Crippen molar-refractivity contribution in [2.24, 2.45) is 0 Å². The maximum atomic E-state index is 4.70. The molecule has 0 unspecified atom stereocenters. The van der Waals surface area contributed by atoms with Crippen LogP contribution < -0.4 is 0 Å². The van der Waals surface area contributed by atoms with E-state index in [4.69, 9.17) is 9.97 Å². The molecule has 0 amide bonds. The molecule has 0 aliphatic heterocycles. The van der Waals surface area contributed by atoms with Crippen LogP contribution in [-0.2, 0) is 6.42 Å². The summed E-state index contributed by atoms with van der Waals surface area (Å²) in [5, 5.41) is 0. The first kappa shape index (κ1) is 13.1. The fourth-order valence-corrected chi connectivity index (χ4v) is 2.92. The number of imidazole rings is 2. The van der Waals surface area contributed by atoms with Gasteiger partial charge in [-0.2, -0.15) is 0 Å². The standard InChI is InChI=1S/C18H18N4/c1-3-6-16-19-14-10-13(9-12(2)18(14)21-16)15-11-22-8-5-4-7-17(22)20-15/h4-5,7-11H,3,6H2,1-2H3,(H,19,21). The molecule has 0 spiro atoms. The number of fused-ring (bicyclic) bond motifs is 2. The van der Waals surface area contributed by atoms with Crippen molar-refractivity contribution < 1.29 is 0 Å². The fourth-order valence-electron chi connectivity index (χ4n) is 2.92. The molecule has 0 saturated heterocycles. The van der Waals surface area contributed by atoms with Crippen LogP contribution in [0.25, 0.3) is 27.9 Å². The zero-order valence-corrected chi connectivity index (χ0v) is 12.8. The van der Waals surface area contributed by atoms with E-state index in [1.165, 1.54) is 5.56 Å². The highest BCUT2D eigenvalue weighted by atomic mass is 15.0. The summed E-state index contributed by atoms with van der Waals surface area (Å²) in [4.78, 5) is 12.8. The molecule has 0 radical (unpaired) electrons. The fraction of sp³-hybridized carbons (Fsp3) is 0.222. The smallest absolute Gasteiger partial charge is 0.137 e. The van der Waals surface area contributed by atoms with E-state index in [9.17, 15) is 0 Å². The summed E-state index contributed by atoms with van der Waals surface area (Å²) in [6, 6.07) is 10.4. The van der Waals surface area contributed by atoms with Crippen molar-refractivity contribution in [2.75, 3.05) is 0 Å². The summed E-state index contributed by atoms with van der Waals surface area (Å²) >= 11 is 0. The van der Waals surface area contributed by atoms with Crippen molar-refractivity contribution in [3.8, 4) is 11.3 Å². The molecule has 1 N–H and O–H groups in total. The molecule has 0 bridgehead atoms. The number of nitrogens with one attached hydrogen (secondary N) is 1. The molecule has 3 aromatic heterocycles. The topological polar surface area (TPSA) is 46.0 Å². The van der Waals surface area contributed by atoms with Gasteiger partial charge < -0.3 is 9.38 Å². The third-order valence-corrected chi connectivity index (χ3v) is 3.97. The van der Waals surface area contributed by atoms with Crippen molar-refractivity contribution in [1.29, 1.82) is 0 Å². The molecule has 1 aromatic carbocycles. The molecular formula is C18H18N4. The van der Waals surface area contributed by atoms with E-state index in [1.54, 1.807) is 0 Å². The normalized spacial score (nSPS) is 11.5. The second-order valence-corrected chi connectivity index (χ2v) is 5.72. The van der Waals surface area contributed by atoms with Gasteiger partial charge in [-0.05, 0) is 43.2 Å². The highest BCUT2D eigenvalue weighted by Gasteiger charge is 2.10. The number of aryl methyl sites for hydroxylation is 2. The van der Waals surface area contributed by atoms with E-state index >= 15 is 0 Å². The number of nitrogens with zero attached hydrogens (tertiary/aromatic N) is 3. The molecule has 3 heterocycles. The van der Waals surface area contributed by atoms with E-state index in [2.05, 4.69) is 37.2 Å². The molecule has 110 valence electrons. The van der Waals surface area contributed by atoms with E-state index in [0.29, 0.717) is 0 Å². The Kier molecular flexibility index (Phi) is 2.96. The first-order valence-corrected chi connectivity index (χ1v) is 7.68. The number of aromatic nitrogens is 4. The summed E-state index contributed by atoms with van der Waals surface area (Å²) in [7, 11) is 0. The van der Waals surface area contributed by atoms with Gasteiger partial charge in [0, 0.05) is 24.4 Å². The van der Waals surface area contributed by atoms with Gasteiger partial charge in [-0.1, -0.05) is 13.0 Å². The molecule has 0 atom stereocenters. The number of rotatable bonds is 3. The van der Waals surface area contributed by atoms with Crippen molar-refractivity contribution >= 4 is 16.7 Å². The Labute approximate surface area is 128 Å². The van der Waals surface area contributed by atoms with Crippen molar-refractivity contribution in [3.05, 3.63) is 54.1 Å². The molecule has 0 saturated carbocycles. The summed E-state index contributed by atoms with van der Waals surface area (Å²) in [6.07, 6.45) is 6.17. The Morgan fingerprint density at radius 3 is 2.91 bits per heavy atom. The zero-order valence-electron chi connectivity index (χ0n) is 12.8. The Morgan fingerprint density at radius 1 is 1.18 bits per heavy atom. The Bertz CT molecular complexity index is 929. The largest absolute Gasteiger partial charge is 0.342 e. The lowest BCUT2D eigenvalue weighted by Gasteiger charge is -2.00. The van der Waals surface area contributed by atoms with Gasteiger partial charge in [0.2, 0.25) is 0 Å². The van der Waals surface area contributed by atoms with Crippen LogP contribution in [0.4, 0.5) is 0 Å². The highest BCUT2D eigenvalue weighted by Crippen LogP contribution is 2.26. The quantitative estimate of drug-likeness (QED) is 0.616. The van der Waals surface area contributed by atoms with Crippen LogP contribution in [0.3, 0.4) is 0 Å². The van der Waals surface area contributed by atoms with Gasteiger partial charge in [-0.15, -0.1) is 0 Å². The van der Waals surface area contributed by atoms with E-state index in [-0.39, 0.29) is 0 Å². The minimum absolute atomic E-state index is 0.964. The summed E-state index contributed by atoms with van der Waals surface area (Å²) in [5.74, 6) is 1.06. The second-order valence-electron chi connectivity index (χ2n) is 5.72. The van der Waals surface area contributed by atoms with Gasteiger partial charge in [0.05, 0.1) is 16.7 Å². The summed E-state index contributed by atoms with van der Waals surface area (Å²) in [6.45, 7) is 4.28. The number of pyridine rings is 1. The molecule has 0 aliphatic carbocycles. The molecule has 0 fully saturated rings. The van der Waals surface area contributed by atoms with Crippen molar-refractivity contribution in [1.82, 2.24) is 19.4 Å². The van der Waals surface area contributed by atoms with Crippen molar-refractivity contribution in [2.45, 2.75) is 26.7 Å².